The summed E-state index contributed by atoms with van der Waals surface area (Å²) in [5.74, 6) is -0.815. The highest BCUT2D eigenvalue weighted by Crippen LogP contribution is 2.37. The number of aryl methyl sites for hydroxylation is 1. The first kappa shape index (κ1) is 23.1. The van der Waals surface area contributed by atoms with E-state index in [0.717, 1.165) is 7.11 Å². The zero-order chi connectivity index (χ0) is 23.3. The first-order chi connectivity index (χ1) is 14.2. The predicted octanol–water partition coefficient (Wildman–Crippen LogP) is 0.708. The van der Waals surface area contributed by atoms with Crippen LogP contribution in [0.2, 0.25) is 0 Å². The number of nitrogen functional groups attached to an aromatic ring is 1. The summed E-state index contributed by atoms with van der Waals surface area (Å²) >= 11 is 0. The maximum Gasteiger partial charge on any atom is 0.416 e. The van der Waals surface area contributed by atoms with E-state index in [0.29, 0.717) is 9.13 Å². The van der Waals surface area contributed by atoms with E-state index in [1.807, 2.05) is 0 Å². The van der Waals surface area contributed by atoms with Crippen molar-refractivity contribution < 1.29 is 46.0 Å². The van der Waals surface area contributed by atoms with Gasteiger partial charge in [-0.15, -0.1) is 0 Å². The Morgan fingerprint density at radius 3 is 2.48 bits per heavy atom. The van der Waals surface area contributed by atoms with Crippen molar-refractivity contribution in [1.29, 1.82) is 0 Å². The Hall–Kier alpha value is -2.59. The van der Waals surface area contributed by atoms with Crippen molar-refractivity contribution in [3.05, 3.63) is 10.5 Å². The standard InChI is InChI=1S/C15H17F6N5O5/c1-30-10-7-9(23-12(22)24-10)26(13(29)25(7)3-2-14(16,17)18)11-5(27)4-6(31-11)8(28)15(19,20)21/h5-6,8,11,27-28H,2-4H2,1H3,(H2,22,23,24)/t5-,6+,8?,11-/m1/s1. The van der Waals surface area contributed by atoms with Crippen molar-refractivity contribution in [2.45, 2.75) is 56.3 Å². The van der Waals surface area contributed by atoms with Gasteiger partial charge in [-0.3, -0.25) is 4.57 Å². The molecule has 0 bridgehead atoms. The Labute approximate surface area is 168 Å². The number of aliphatic hydroxyl groups is 2. The van der Waals surface area contributed by atoms with Gasteiger partial charge in [0.1, 0.15) is 6.10 Å². The minimum atomic E-state index is -5.07. The molecule has 0 saturated carbocycles. The number of aliphatic hydroxyl groups excluding tert-OH is 2. The van der Waals surface area contributed by atoms with Gasteiger partial charge in [-0.25, -0.2) is 9.36 Å². The molecular weight excluding hydrogens is 444 g/mol. The lowest BCUT2D eigenvalue weighted by atomic mass is 10.1. The van der Waals surface area contributed by atoms with Crippen LogP contribution in [0.15, 0.2) is 4.79 Å². The summed E-state index contributed by atoms with van der Waals surface area (Å²) in [6.45, 7) is -0.896. The zero-order valence-corrected chi connectivity index (χ0v) is 15.7. The average molecular weight is 461 g/mol. The van der Waals surface area contributed by atoms with Crippen LogP contribution in [0.1, 0.15) is 19.1 Å². The molecular formula is C15H17F6N5O5. The molecule has 16 heteroatoms. The number of nitrogens with two attached hydrogens (primary N) is 1. The van der Waals surface area contributed by atoms with E-state index in [1.54, 1.807) is 0 Å². The summed E-state index contributed by atoms with van der Waals surface area (Å²) < 4.78 is 87.9. The topological polar surface area (TPSA) is 138 Å². The number of rotatable bonds is 5. The van der Waals surface area contributed by atoms with Crippen molar-refractivity contribution in [1.82, 2.24) is 19.1 Å². The molecule has 4 atom stereocenters. The van der Waals surface area contributed by atoms with Crippen molar-refractivity contribution in [2.24, 2.45) is 0 Å². The van der Waals surface area contributed by atoms with E-state index in [9.17, 15) is 41.4 Å². The third kappa shape index (κ3) is 4.40. The molecule has 10 nitrogen and oxygen atoms in total. The number of aromatic nitrogens is 4. The zero-order valence-electron chi connectivity index (χ0n) is 15.7. The lowest BCUT2D eigenvalue weighted by Gasteiger charge is -2.21. The first-order valence-electron chi connectivity index (χ1n) is 8.72. The van der Waals surface area contributed by atoms with Crippen LogP contribution in [0, 0.1) is 0 Å². The van der Waals surface area contributed by atoms with E-state index in [2.05, 4.69) is 9.97 Å². The highest BCUT2D eigenvalue weighted by Gasteiger charge is 2.50. The van der Waals surface area contributed by atoms with E-state index >= 15 is 0 Å². The van der Waals surface area contributed by atoms with Crippen LogP contribution in [0.25, 0.3) is 11.2 Å². The second-order valence-corrected chi connectivity index (χ2v) is 6.79. The number of anilines is 1. The number of halogens is 6. The molecule has 4 N–H and O–H groups in total. The van der Waals surface area contributed by atoms with Gasteiger partial charge in [-0.1, -0.05) is 0 Å². The molecule has 174 valence electrons. The molecule has 0 radical (unpaired) electrons. The number of imidazole rings is 1. The molecule has 1 aliphatic rings. The van der Waals surface area contributed by atoms with Crippen LogP contribution >= 0.6 is 0 Å². The smallest absolute Gasteiger partial charge is 0.416 e. The van der Waals surface area contributed by atoms with Crippen LogP contribution in [-0.4, -0.2) is 67.1 Å². The van der Waals surface area contributed by atoms with E-state index < -0.39 is 73.6 Å². The van der Waals surface area contributed by atoms with Crippen molar-refractivity contribution in [3.63, 3.8) is 0 Å². The predicted molar refractivity (Wildman–Crippen MR) is 90.0 cm³/mol. The summed E-state index contributed by atoms with van der Waals surface area (Å²) in [5.41, 5.74) is 3.63. The monoisotopic (exact) mass is 461 g/mol. The quantitative estimate of drug-likeness (QED) is 0.554. The van der Waals surface area contributed by atoms with Gasteiger partial charge in [-0.05, 0) is 0 Å². The van der Waals surface area contributed by atoms with Crippen LogP contribution < -0.4 is 16.2 Å². The van der Waals surface area contributed by atoms with Crippen LogP contribution in [0.4, 0.5) is 32.3 Å². The molecule has 31 heavy (non-hydrogen) atoms. The van der Waals surface area contributed by atoms with E-state index in [4.69, 9.17) is 15.2 Å². The normalized spacial score (nSPS) is 23.5. The molecule has 1 aliphatic heterocycles. The molecule has 1 saturated heterocycles. The van der Waals surface area contributed by atoms with Gasteiger partial charge in [0.2, 0.25) is 11.8 Å². The van der Waals surface area contributed by atoms with Crippen molar-refractivity contribution >= 4 is 17.1 Å². The maximum atomic E-state index is 12.9. The minimum absolute atomic E-state index is 0.318. The average Bonchev–Trinajstić information content (AvgIpc) is 3.14. The van der Waals surface area contributed by atoms with Gasteiger partial charge in [0.15, 0.2) is 23.5 Å². The Bertz CT molecular complexity index is 1020. The van der Waals surface area contributed by atoms with Crippen LogP contribution in [0.3, 0.4) is 0 Å². The van der Waals surface area contributed by atoms with Gasteiger partial charge in [0.05, 0.1) is 19.6 Å². The third-order valence-corrected chi connectivity index (χ3v) is 4.66. The van der Waals surface area contributed by atoms with Gasteiger partial charge >= 0.3 is 18.0 Å². The van der Waals surface area contributed by atoms with Crippen molar-refractivity contribution in [2.75, 3.05) is 12.8 Å². The number of alkyl halides is 6. The maximum absolute atomic E-state index is 12.9. The second-order valence-electron chi connectivity index (χ2n) is 6.79. The lowest BCUT2D eigenvalue weighted by Crippen LogP contribution is -2.40. The van der Waals surface area contributed by atoms with E-state index in [-0.39, 0.29) is 11.4 Å². The Morgan fingerprint density at radius 2 is 1.94 bits per heavy atom. The molecule has 0 aliphatic carbocycles. The van der Waals surface area contributed by atoms with Gasteiger partial charge in [0.25, 0.3) is 0 Å². The number of hydrogen-bond acceptors (Lipinski definition) is 8. The molecule has 3 rings (SSSR count). The van der Waals surface area contributed by atoms with Crippen LogP contribution in [-0.2, 0) is 11.3 Å². The summed E-state index contributed by atoms with van der Waals surface area (Å²) in [6.07, 6.45) is -20.2. The molecule has 2 aromatic rings. The highest BCUT2D eigenvalue weighted by atomic mass is 19.4. The summed E-state index contributed by atoms with van der Waals surface area (Å²) in [4.78, 5) is 20.4. The molecule has 1 fully saturated rings. The fourth-order valence-electron chi connectivity index (χ4n) is 3.30. The van der Waals surface area contributed by atoms with Crippen molar-refractivity contribution in [3.8, 4) is 5.88 Å². The Morgan fingerprint density at radius 1 is 1.29 bits per heavy atom. The Kier molecular flexibility index (Phi) is 5.83. The summed E-state index contributed by atoms with van der Waals surface area (Å²) in [6, 6.07) is 0. The molecule has 0 spiro atoms. The third-order valence-electron chi connectivity index (χ3n) is 4.66. The number of nitrogens with zero attached hydrogens (tertiary/aromatic N) is 4. The lowest BCUT2D eigenvalue weighted by molar-refractivity contribution is -0.237. The molecule has 1 unspecified atom stereocenters. The summed E-state index contributed by atoms with van der Waals surface area (Å²) in [5, 5.41) is 19.6. The number of hydrogen-bond donors (Lipinski definition) is 3. The molecule has 0 aromatic carbocycles. The fourth-order valence-corrected chi connectivity index (χ4v) is 3.30. The fraction of sp³-hybridized carbons (Fsp3) is 0.667. The SMILES string of the molecule is COc1nc(N)nc2c1n(CCC(F)(F)F)c(=O)n2[C@@H]1O[C@H](C(O)C(F)(F)F)C[C@H]1O. The van der Waals surface area contributed by atoms with Crippen LogP contribution in [0.5, 0.6) is 5.88 Å². The molecule has 3 heterocycles. The number of fused-ring (bicyclic) bond motifs is 1. The Balaban J connectivity index is 2.13. The first-order valence-corrected chi connectivity index (χ1v) is 8.72. The molecule has 2 aromatic heterocycles. The number of ether oxygens (including phenoxy) is 2. The van der Waals surface area contributed by atoms with Gasteiger partial charge in [-0.2, -0.15) is 36.3 Å². The number of methoxy groups -OCH3 is 1. The highest BCUT2D eigenvalue weighted by molar-refractivity contribution is 5.78. The van der Waals surface area contributed by atoms with Gasteiger partial charge in [0, 0.05) is 13.0 Å². The molecule has 0 amide bonds. The summed E-state index contributed by atoms with van der Waals surface area (Å²) in [7, 11) is 1.10. The van der Waals surface area contributed by atoms with E-state index in [1.165, 1.54) is 0 Å². The van der Waals surface area contributed by atoms with Gasteiger partial charge < -0.3 is 25.4 Å². The second kappa shape index (κ2) is 7.83. The minimum Gasteiger partial charge on any atom is -0.479 e. The largest absolute Gasteiger partial charge is 0.479 e.